The number of imide groups is 1. The molecule has 0 aliphatic carbocycles. The lowest BCUT2D eigenvalue weighted by atomic mass is 9.76. The first-order chi connectivity index (χ1) is 16.7. The topological polar surface area (TPSA) is 140 Å². The Hall–Kier alpha value is -3.92. The first-order valence-corrected chi connectivity index (χ1v) is 11.4. The van der Waals surface area contributed by atoms with Gasteiger partial charge in [-0.25, -0.2) is 0 Å². The average Bonchev–Trinajstić information content (AvgIpc) is 3.53. The molecular formula is C25H24N4O6. The van der Waals surface area contributed by atoms with E-state index in [2.05, 4.69) is 10.6 Å². The number of nitrogens with one attached hydrogen (secondary N) is 2. The van der Waals surface area contributed by atoms with Crippen LogP contribution in [0.25, 0.3) is 0 Å². The molecule has 1 spiro atoms. The van der Waals surface area contributed by atoms with Crippen LogP contribution in [0.3, 0.4) is 0 Å². The fourth-order valence-corrected chi connectivity index (χ4v) is 5.95. The molecule has 0 unspecified atom stereocenters. The maximum absolute atomic E-state index is 13.8. The Morgan fingerprint density at radius 3 is 2.66 bits per heavy atom. The van der Waals surface area contributed by atoms with E-state index in [1.807, 2.05) is 26.0 Å². The molecule has 4 heterocycles. The van der Waals surface area contributed by atoms with Crippen molar-refractivity contribution < 1.29 is 28.7 Å². The van der Waals surface area contributed by atoms with Crippen molar-refractivity contribution in [1.82, 2.24) is 10.2 Å². The maximum atomic E-state index is 13.8. The second kappa shape index (κ2) is 7.29. The van der Waals surface area contributed by atoms with Gasteiger partial charge in [0.05, 0.1) is 18.4 Å². The second-order valence-electron chi connectivity index (χ2n) is 9.57. The lowest BCUT2D eigenvalue weighted by Crippen LogP contribution is -2.53. The van der Waals surface area contributed by atoms with Crippen LogP contribution in [0.1, 0.15) is 28.7 Å². The van der Waals surface area contributed by atoms with Crippen LogP contribution in [0, 0.1) is 25.7 Å². The van der Waals surface area contributed by atoms with Gasteiger partial charge in [0.15, 0.2) is 11.5 Å². The summed E-state index contributed by atoms with van der Waals surface area (Å²) in [5, 5.41) is 6.14. The minimum absolute atomic E-state index is 0.0160. The molecule has 2 aromatic rings. The third-order valence-electron chi connectivity index (χ3n) is 7.71. The Bertz CT molecular complexity index is 1340. The van der Waals surface area contributed by atoms with E-state index in [9.17, 15) is 19.2 Å². The number of amides is 4. The zero-order chi connectivity index (χ0) is 24.6. The van der Waals surface area contributed by atoms with E-state index in [0.717, 1.165) is 11.1 Å². The van der Waals surface area contributed by atoms with Crippen molar-refractivity contribution in [2.45, 2.75) is 38.4 Å². The summed E-state index contributed by atoms with van der Waals surface area (Å²) in [7, 11) is 0. The standard InChI is InChI=1S/C25H24N4O6/c1-11-3-5-14-21(12(11)2)27-24(33)25(14)20-19(15(28-25)8-18(26)30)22(31)29(23(20)32)9-13-4-6-16-17(7-13)35-10-34-16/h3-7,15,19-20,28H,8-10H2,1-2H3,(H2,26,30)(H,27,33)/t15-,19+,20+,25-/m0/s1. The highest BCUT2D eigenvalue weighted by Crippen LogP contribution is 2.54. The monoisotopic (exact) mass is 476 g/mol. The lowest BCUT2D eigenvalue weighted by molar-refractivity contribution is -0.143. The number of hydrogen-bond donors (Lipinski definition) is 3. The third-order valence-corrected chi connectivity index (χ3v) is 7.71. The largest absolute Gasteiger partial charge is 0.454 e. The number of ether oxygens (including phenoxy) is 2. The van der Waals surface area contributed by atoms with Crippen LogP contribution in [0.2, 0.25) is 0 Å². The number of anilines is 1. The van der Waals surface area contributed by atoms with E-state index in [4.69, 9.17) is 15.2 Å². The molecule has 35 heavy (non-hydrogen) atoms. The van der Waals surface area contributed by atoms with E-state index in [-0.39, 0.29) is 19.8 Å². The molecule has 0 aromatic heterocycles. The summed E-state index contributed by atoms with van der Waals surface area (Å²) in [5.74, 6) is -2.68. The quantitative estimate of drug-likeness (QED) is 0.555. The molecule has 10 heteroatoms. The van der Waals surface area contributed by atoms with Crippen LogP contribution >= 0.6 is 0 Å². The number of hydrogen-bond acceptors (Lipinski definition) is 7. The van der Waals surface area contributed by atoms with Gasteiger partial charge in [0, 0.05) is 23.7 Å². The van der Waals surface area contributed by atoms with Crippen molar-refractivity contribution in [3.05, 3.63) is 52.6 Å². The highest BCUT2D eigenvalue weighted by atomic mass is 16.7. The van der Waals surface area contributed by atoms with Crippen molar-refractivity contribution in [1.29, 1.82) is 0 Å². The van der Waals surface area contributed by atoms with Gasteiger partial charge < -0.3 is 20.5 Å². The van der Waals surface area contributed by atoms with Gasteiger partial charge in [-0.05, 0) is 42.7 Å². The molecule has 0 bridgehead atoms. The van der Waals surface area contributed by atoms with Crippen molar-refractivity contribution in [3.63, 3.8) is 0 Å². The molecule has 4 aliphatic rings. The summed E-state index contributed by atoms with van der Waals surface area (Å²) in [6.45, 7) is 3.96. The van der Waals surface area contributed by atoms with E-state index >= 15 is 0 Å². The van der Waals surface area contributed by atoms with Gasteiger partial charge in [-0.1, -0.05) is 18.2 Å². The zero-order valence-electron chi connectivity index (χ0n) is 19.2. The molecule has 180 valence electrons. The minimum atomic E-state index is -1.46. The summed E-state index contributed by atoms with van der Waals surface area (Å²) in [6, 6.07) is 8.17. The smallest absolute Gasteiger partial charge is 0.250 e. The van der Waals surface area contributed by atoms with Crippen LogP contribution < -0.4 is 25.8 Å². The van der Waals surface area contributed by atoms with Gasteiger partial charge in [-0.3, -0.25) is 29.4 Å². The Balaban J connectivity index is 1.43. The summed E-state index contributed by atoms with van der Waals surface area (Å²) in [5.41, 5.74) is 7.83. The van der Waals surface area contributed by atoms with Crippen molar-refractivity contribution in [2.24, 2.45) is 17.6 Å². The summed E-state index contributed by atoms with van der Waals surface area (Å²) in [6.07, 6.45) is -0.173. The Morgan fingerprint density at radius 2 is 1.89 bits per heavy atom. The minimum Gasteiger partial charge on any atom is -0.454 e. The molecular weight excluding hydrogens is 452 g/mol. The first kappa shape index (κ1) is 21.6. The van der Waals surface area contributed by atoms with Gasteiger partial charge in [0.2, 0.25) is 30.4 Å². The molecule has 6 rings (SSSR count). The van der Waals surface area contributed by atoms with Crippen LogP contribution in [-0.2, 0) is 31.3 Å². The van der Waals surface area contributed by atoms with Crippen LogP contribution in [0.5, 0.6) is 11.5 Å². The van der Waals surface area contributed by atoms with Gasteiger partial charge in [0.25, 0.3) is 0 Å². The number of primary amides is 1. The maximum Gasteiger partial charge on any atom is 0.250 e. The van der Waals surface area contributed by atoms with Gasteiger partial charge in [-0.15, -0.1) is 0 Å². The fraction of sp³-hybridized carbons (Fsp3) is 0.360. The predicted molar refractivity (Wildman–Crippen MR) is 122 cm³/mol. The first-order valence-electron chi connectivity index (χ1n) is 11.4. The third kappa shape index (κ3) is 2.86. The average molecular weight is 476 g/mol. The van der Waals surface area contributed by atoms with Gasteiger partial charge in [0.1, 0.15) is 5.54 Å². The molecule has 4 aliphatic heterocycles. The van der Waals surface area contributed by atoms with Gasteiger partial charge >= 0.3 is 0 Å². The lowest BCUT2D eigenvalue weighted by Gasteiger charge is -2.29. The molecule has 4 atom stereocenters. The van der Waals surface area contributed by atoms with Crippen molar-refractivity contribution in [2.75, 3.05) is 12.1 Å². The van der Waals surface area contributed by atoms with Crippen molar-refractivity contribution in [3.8, 4) is 11.5 Å². The van der Waals surface area contributed by atoms with Crippen molar-refractivity contribution >= 4 is 29.3 Å². The molecule has 0 radical (unpaired) electrons. The highest BCUT2D eigenvalue weighted by molar-refractivity contribution is 6.15. The number of carbonyl (C=O) groups excluding carboxylic acids is 4. The number of nitrogens with two attached hydrogens (primary N) is 1. The van der Waals surface area contributed by atoms with Crippen LogP contribution in [-0.4, -0.2) is 41.4 Å². The van der Waals surface area contributed by atoms with Crippen LogP contribution in [0.4, 0.5) is 5.69 Å². The molecule has 4 amide bonds. The Labute approximate surface area is 200 Å². The Kier molecular flexibility index (Phi) is 4.50. The van der Waals surface area contributed by atoms with E-state index in [1.54, 1.807) is 18.2 Å². The molecule has 0 saturated carbocycles. The number of aryl methyl sites for hydroxylation is 1. The number of carbonyl (C=O) groups is 4. The molecule has 10 nitrogen and oxygen atoms in total. The van der Waals surface area contributed by atoms with Gasteiger partial charge in [-0.2, -0.15) is 0 Å². The summed E-state index contributed by atoms with van der Waals surface area (Å²) >= 11 is 0. The molecule has 4 N–H and O–H groups in total. The molecule has 2 saturated heterocycles. The number of fused-ring (bicyclic) bond motifs is 5. The normalized spacial score (nSPS) is 28.0. The number of rotatable bonds is 4. The number of likely N-dealkylation sites (tertiary alicyclic amines) is 1. The zero-order valence-corrected chi connectivity index (χ0v) is 19.2. The fourth-order valence-electron chi connectivity index (χ4n) is 5.95. The number of benzene rings is 2. The summed E-state index contributed by atoms with van der Waals surface area (Å²) in [4.78, 5) is 54.1. The predicted octanol–water partition coefficient (Wildman–Crippen LogP) is 0.828. The highest BCUT2D eigenvalue weighted by Gasteiger charge is 2.70. The second-order valence-corrected chi connectivity index (χ2v) is 9.57. The van der Waals surface area contributed by atoms with E-state index in [0.29, 0.717) is 28.3 Å². The van der Waals surface area contributed by atoms with E-state index in [1.165, 1.54) is 4.90 Å². The Morgan fingerprint density at radius 1 is 1.11 bits per heavy atom. The molecule has 2 aromatic carbocycles. The van der Waals surface area contributed by atoms with Crippen LogP contribution in [0.15, 0.2) is 30.3 Å². The number of nitrogens with zero attached hydrogens (tertiary/aromatic N) is 1. The summed E-state index contributed by atoms with van der Waals surface area (Å²) < 4.78 is 10.8. The molecule has 2 fully saturated rings. The van der Waals surface area contributed by atoms with E-state index < -0.39 is 47.0 Å². The SMILES string of the molecule is Cc1ccc2c(c1C)NC(=O)[C@]21N[C@@H](CC(N)=O)[C@H]2C(=O)N(Cc3ccc4c(c3)OCO4)C(=O)[C@@H]21.